The van der Waals surface area contributed by atoms with E-state index in [0.717, 1.165) is 51.9 Å². The van der Waals surface area contributed by atoms with Crippen LogP contribution in [-0.4, -0.2) is 25.7 Å². The number of aryl methyl sites for hydroxylation is 2. The van der Waals surface area contributed by atoms with E-state index < -0.39 is 0 Å². The molecule has 3 heterocycles. The number of carbonyl (C=O) groups is 1. The zero-order chi connectivity index (χ0) is 20.5. The number of aromatic nitrogens is 4. The van der Waals surface area contributed by atoms with Crippen molar-refractivity contribution in [3.63, 3.8) is 0 Å². The number of rotatable bonds is 5. The van der Waals surface area contributed by atoms with Crippen LogP contribution in [0.4, 0.5) is 0 Å². The number of aromatic amines is 2. The summed E-state index contributed by atoms with van der Waals surface area (Å²) >= 11 is 0. The number of carbonyl (C=O) groups excluding carboxylic acids is 1. The van der Waals surface area contributed by atoms with Gasteiger partial charge in [0.25, 0.3) is 0 Å². The van der Waals surface area contributed by atoms with Crippen LogP contribution in [0.25, 0.3) is 22.1 Å². The van der Waals surface area contributed by atoms with E-state index in [2.05, 4.69) is 20.9 Å². The lowest BCUT2D eigenvalue weighted by Gasteiger charge is -2.04. The topological polar surface area (TPSA) is 74.4 Å². The van der Waals surface area contributed by atoms with E-state index in [1.807, 2.05) is 36.5 Å². The van der Waals surface area contributed by atoms with Crippen LogP contribution >= 0.6 is 0 Å². The molecule has 0 aliphatic carbocycles. The van der Waals surface area contributed by atoms with E-state index in [1.165, 1.54) is 0 Å². The highest BCUT2D eigenvalue weighted by molar-refractivity contribution is 6.09. The molecule has 5 rings (SSSR count). The molecule has 0 aliphatic rings. The molecule has 0 unspecified atom stereocenters. The summed E-state index contributed by atoms with van der Waals surface area (Å²) in [5.74, 6) is 3.48. The Labute approximate surface area is 173 Å². The number of imidazole rings is 1. The Morgan fingerprint density at radius 3 is 2.43 bits per heavy atom. The summed E-state index contributed by atoms with van der Waals surface area (Å²) < 4.78 is 0. The molecular weight excluding hydrogens is 372 g/mol. The standard InChI is InChI=1S/C25H18N4O/c1-2-16-3-8-18(9-4-16)24(30)19-10-5-17(6-11-19)7-12-22-28-21-15-27-25-20(13-14-26-25)23(21)29-22/h1,3-6,8-11,13-15H,7,12H2,(H,26,27)(H,28,29). The van der Waals surface area contributed by atoms with Crippen LogP contribution in [0.5, 0.6) is 0 Å². The van der Waals surface area contributed by atoms with E-state index in [-0.39, 0.29) is 5.78 Å². The molecule has 5 nitrogen and oxygen atoms in total. The molecule has 3 aromatic heterocycles. The van der Waals surface area contributed by atoms with Crippen molar-refractivity contribution in [3.8, 4) is 12.3 Å². The Morgan fingerprint density at radius 2 is 1.70 bits per heavy atom. The molecule has 0 radical (unpaired) electrons. The molecule has 5 aromatic rings. The second-order valence-corrected chi connectivity index (χ2v) is 7.19. The molecule has 0 fully saturated rings. The average molecular weight is 390 g/mol. The molecule has 30 heavy (non-hydrogen) atoms. The Morgan fingerprint density at radius 1 is 0.967 bits per heavy atom. The van der Waals surface area contributed by atoms with Crippen molar-refractivity contribution < 1.29 is 4.79 Å². The van der Waals surface area contributed by atoms with E-state index in [0.29, 0.717) is 11.1 Å². The molecule has 0 atom stereocenters. The number of fused-ring (bicyclic) bond motifs is 3. The second-order valence-electron chi connectivity index (χ2n) is 7.19. The lowest BCUT2D eigenvalue weighted by atomic mass is 10.00. The first-order valence-electron chi connectivity index (χ1n) is 9.72. The molecule has 5 heteroatoms. The average Bonchev–Trinajstić information content (AvgIpc) is 3.44. The third kappa shape index (κ3) is 3.25. The molecule has 0 saturated heterocycles. The zero-order valence-electron chi connectivity index (χ0n) is 16.1. The molecule has 0 amide bonds. The fraction of sp³-hybridized carbons (Fsp3) is 0.0800. The van der Waals surface area contributed by atoms with Crippen molar-refractivity contribution in [2.75, 3.05) is 0 Å². The van der Waals surface area contributed by atoms with Crippen molar-refractivity contribution in [2.45, 2.75) is 12.8 Å². The van der Waals surface area contributed by atoms with Gasteiger partial charge in [-0.2, -0.15) is 0 Å². The van der Waals surface area contributed by atoms with Crippen LogP contribution in [0.1, 0.15) is 32.9 Å². The van der Waals surface area contributed by atoms with Gasteiger partial charge in [-0.3, -0.25) is 4.79 Å². The predicted octanol–water partition coefficient (Wildman–Crippen LogP) is 4.44. The fourth-order valence-corrected chi connectivity index (χ4v) is 3.61. The van der Waals surface area contributed by atoms with E-state index in [4.69, 9.17) is 11.4 Å². The third-order valence-electron chi connectivity index (χ3n) is 5.26. The largest absolute Gasteiger partial charge is 0.346 e. The number of nitrogens with one attached hydrogen (secondary N) is 2. The quantitative estimate of drug-likeness (QED) is 0.344. The predicted molar refractivity (Wildman–Crippen MR) is 117 cm³/mol. The second kappa shape index (κ2) is 7.34. The number of H-pyrrole nitrogens is 2. The fourth-order valence-electron chi connectivity index (χ4n) is 3.61. The van der Waals surface area contributed by atoms with Crippen LogP contribution in [0, 0.1) is 12.3 Å². The molecule has 0 spiro atoms. The first kappa shape index (κ1) is 17.9. The maximum atomic E-state index is 12.6. The van der Waals surface area contributed by atoms with Gasteiger partial charge in [0.15, 0.2) is 5.78 Å². The maximum Gasteiger partial charge on any atom is 0.193 e. The van der Waals surface area contributed by atoms with Crippen molar-refractivity contribution in [1.29, 1.82) is 0 Å². The SMILES string of the molecule is C#Cc1ccc(C(=O)c2ccc(CCc3nc4c(cnc5[nH]ccc54)[nH]3)cc2)cc1. The summed E-state index contributed by atoms with van der Waals surface area (Å²) in [6, 6.07) is 16.8. The molecule has 0 saturated carbocycles. The molecular formula is C25H18N4O. The van der Waals surface area contributed by atoms with Gasteiger partial charge < -0.3 is 9.97 Å². The van der Waals surface area contributed by atoms with Crippen molar-refractivity contribution >= 4 is 27.9 Å². The van der Waals surface area contributed by atoms with E-state index in [9.17, 15) is 4.79 Å². The Bertz CT molecular complexity index is 1400. The molecule has 2 aromatic carbocycles. The molecule has 2 N–H and O–H groups in total. The number of hydrogen-bond donors (Lipinski definition) is 2. The number of ketones is 1. The first-order chi connectivity index (χ1) is 14.7. The van der Waals surface area contributed by atoms with Gasteiger partial charge >= 0.3 is 0 Å². The normalized spacial score (nSPS) is 11.0. The summed E-state index contributed by atoms with van der Waals surface area (Å²) in [7, 11) is 0. The Balaban J connectivity index is 1.29. The summed E-state index contributed by atoms with van der Waals surface area (Å²) in [4.78, 5) is 28.2. The van der Waals surface area contributed by atoms with Crippen LogP contribution in [0.15, 0.2) is 67.0 Å². The lowest BCUT2D eigenvalue weighted by molar-refractivity contribution is 0.103. The summed E-state index contributed by atoms with van der Waals surface area (Å²) in [6.45, 7) is 0. The summed E-state index contributed by atoms with van der Waals surface area (Å²) in [5.41, 5.74) is 5.93. The van der Waals surface area contributed by atoms with Gasteiger partial charge in [-0.1, -0.05) is 30.2 Å². The maximum absolute atomic E-state index is 12.6. The van der Waals surface area contributed by atoms with Gasteiger partial charge in [-0.05, 0) is 42.3 Å². The number of benzene rings is 2. The Hall–Kier alpha value is -4.17. The van der Waals surface area contributed by atoms with Crippen LogP contribution in [0.2, 0.25) is 0 Å². The van der Waals surface area contributed by atoms with Gasteiger partial charge in [0.05, 0.1) is 11.7 Å². The molecule has 144 valence electrons. The highest BCUT2D eigenvalue weighted by Crippen LogP contribution is 2.21. The zero-order valence-corrected chi connectivity index (χ0v) is 16.1. The highest BCUT2D eigenvalue weighted by atomic mass is 16.1. The number of terminal acetylenes is 1. The van der Waals surface area contributed by atoms with Gasteiger partial charge in [-0.15, -0.1) is 6.42 Å². The summed E-state index contributed by atoms with van der Waals surface area (Å²) in [6.07, 6.45) is 10.7. The number of hydrogen-bond acceptors (Lipinski definition) is 3. The summed E-state index contributed by atoms with van der Waals surface area (Å²) in [5, 5.41) is 1.02. The number of pyridine rings is 1. The van der Waals surface area contributed by atoms with Crippen LogP contribution in [-0.2, 0) is 12.8 Å². The monoisotopic (exact) mass is 390 g/mol. The van der Waals surface area contributed by atoms with Crippen molar-refractivity contribution in [2.24, 2.45) is 0 Å². The molecule has 0 bridgehead atoms. The molecule has 0 aliphatic heterocycles. The van der Waals surface area contributed by atoms with Crippen LogP contribution < -0.4 is 0 Å². The van der Waals surface area contributed by atoms with Crippen LogP contribution in [0.3, 0.4) is 0 Å². The van der Waals surface area contributed by atoms with Gasteiger partial charge in [0.2, 0.25) is 0 Å². The minimum Gasteiger partial charge on any atom is -0.346 e. The lowest BCUT2D eigenvalue weighted by Crippen LogP contribution is -2.02. The van der Waals surface area contributed by atoms with Crippen molar-refractivity contribution in [3.05, 3.63) is 95.1 Å². The van der Waals surface area contributed by atoms with E-state index >= 15 is 0 Å². The van der Waals surface area contributed by atoms with Gasteiger partial charge in [-0.25, -0.2) is 9.97 Å². The highest BCUT2D eigenvalue weighted by Gasteiger charge is 2.10. The Kier molecular flexibility index (Phi) is 4.38. The minimum atomic E-state index is -0.00887. The smallest absolute Gasteiger partial charge is 0.193 e. The van der Waals surface area contributed by atoms with Crippen molar-refractivity contribution in [1.82, 2.24) is 19.9 Å². The third-order valence-corrected chi connectivity index (χ3v) is 5.26. The van der Waals surface area contributed by atoms with E-state index in [1.54, 1.807) is 30.5 Å². The van der Waals surface area contributed by atoms with Gasteiger partial charge in [0.1, 0.15) is 17.0 Å². The first-order valence-corrected chi connectivity index (χ1v) is 9.72. The number of nitrogens with zero attached hydrogens (tertiary/aromatic N) is 2. The van der Waals surface area contributed by atoms with Gasteiger partial charge in [0, 0.05) is 34.7 Å². The minimum absolute atomic E-state index is 0.00887.